The third-order valence-electron chi connectivity index (χ3n) is 1.30. The largest absolute Gasteiger partial charge is 0.306 e. The van der Waals surface area contributed by atoms with Gasteiger partial charge < -0.3 is 0 Å². The van der Waals surface area contributed by atoms with Crippen LogP contribution in [0.15, 0.2) is 18.3 Å². The number of hydrogen-bond acceptors (Lipinski definition) is 3. The van der Waals surface area contributed by atoms with Crippen molar-refractivity contribution >= 4 is 10.2 Å². The van der Waals surface area contributed by atoms with Gasteiger partial charge in [0.05, 0.1) is 0 Å². The molecule has 0 amide bonds. The van der Waals surface area contributed by atoms with Gasteiger partial charge >= 0.3 is 10.2 Å². The Morgan fingerprint density at radius 3 is 2.75 bits per heavy atom. The molecule has 0 saturated heterocycles. The fraction of sp³-hybridized carbons (Fsp3) is 0.286. The quantitative estimate of drug-likeness (QED) is 0.656. The summed E-state index contributed by atoms with van der Waals surface area (Å²) in [4.78, 5) is 3.85. The van der Waals surface area contributed by atoms with Crippen molar-refractivity contribution in [1.29, 1.82) is 0 Å². The Morgan fingerprint density at radius 2 is 2.25 bits per heavy atom. The summed E-state index contributed by atoms with van der Waals surface area (Å²) in [6.07, 6.45) is 1.45. The minimum Gasteiger partial charge on any atom is -0.262 e. The van der Waals surface area contributed by atoms with Gasteiger partial charge in [-0.1, -0.05) is 0 Å². The average Bonchev–Trinajstić information content (AvgIpc) is 1.82. The van der Waals surface area contributed by atoms with Crippen LogP contribution in [0.25, 0.3) is 0 Å². The fourth-order valence-corrected chi connectivity index (χ4v) is 1.47. The highest BCUT2D eigenvalue weighted by Crippen LogP contribution is 2.07. The van der Waals surface area contributed by atoms with Gasteiger partial charge in [0.1, 0.15) is 5.75 Å². The third kappa shape index (κ3) is 2.96. The van der Waals surface area contributed by atoms with Crippen LogP contribution in [0, 0.1) is 6.92 Å². The summed E-state index contributed by atoms with van der Waals surface area (Å²) in [6, 6.07) is 3.02. The molecule has 5 heteroatoms. The zero-order chi connectivity index (χ0) is 9.19. The van der Waals surface area contributed by atoms with Gasteiger partial charge in [0.25, 0.3) is 0 Å². The molecule has 1 aromatic rings. The maximum absolute atomic E-state index is 12.2. The van der Waals surface area contributed by atoms with Crippen LogP contribution in [0.4, 0.5) is 3.89 Å². The first-order valence-electron chi connectivity index (χ1n) is 3.31. The first kappa shape index (κ1) is 9.12. The van der Waals surface area contributed by atoms with E-state index in [1.54, 1.807) is 6.92 Å². The molecule has 1 heterocycles. The zero-order valence-electron chi connectivity index (χ0n) is 6.49. The van der Waals surface area contributed by atoms with E-state index in [1.807, 2.05) is 0 Å². The summed E-state index contributed by atoms with van der Waals surface area (Å²) >= 11 is 0. The minimum atomic E-state index is -4.42. The number of aryl methyl sites for hydroxylation is 1. The van der Waals surface area contributed by atoms with Crippen molar-refractivity contribution < 1.29 is 12.3 Å². The van der Waals surface area contributed by atoms with Crippen LogP contribution in [0.2, 0.25) is 0 Å². The second-order valence-corrected chi connectivity index (χ2v) is 3.86. The predicted octanol–water partition coefficient (Wildman–Crippen LogP) is 1.19. The number of hydrogen-bond donors (Lipinski definition) is 0. The predicted molar refractivity (Wildman–Crippen MR) is 42.7 cm³/mol. The Bertz CT molecular complexity index is 375. The lowest BCUT2D eigenvalue weighted by Crippen LogP contribution is -1.96. The number of halogens is 1. The van der Waals surface area contributed by atoms with Gasteiger partial charge in [0.15, 0.2) is 0 Å². The molecule has 1 rings (SSSR count). The first-order valence-corrected chi connectivity index (χ1v) is 4.86. The van der Waals surface area contributed by atoms with E-state index < -0.39 is 16.0 Å². The lowest BCUT2D eigenvalue weighted by molar-refractivity contribution is 0.551. The van der Waals surface area contributed by atoms with E-state index in [0.717, 1.165) is 0 Å². The summed E-state index contributed by atoms with van der Waals surface area (Å²) in [7, 11) is -4.42. The van der Waals surface area contributed by atoms with Crippen LogP contribution >= 0.6 is 0 Å². The van der Waals surface area contributed by atoms with Crippen molar-refractivity contribution in [3.05, 3.63) is 29.6 Å². The number of nitrogens with zero attached hydrogens (tertiary/aromatic N) is 1. The van der Waals surface area contributed by atoms with Crippen molar-refractivity contribution in [2.75, 3.05) is 0 Å². The second kappa shape index (κ2) is 3.18. The van der Waals surface area contributed by atoms with Gasteiger partial charge in [-0.2, -0.15) is 8.42 Å². The van der Waals surface area contributed by atoms with E-state index >= 15 is 0 Å². The van der Waals surface area contributed by atoms with E-state index in [2.05, 4.69) is 4.98 Å². The molecule has 0 radical (unpaired) electrons. The van der Waals surface area contributed by atoms with E-state index in [9.17, 15) is 12.3 Å². The molecule has 12 heavy (non-hydrogen) atoms. The molecular weight excluding hydrogens is 181 g/mol. The highest BCUT2D eigenvalue weighted by atomic mass is 32.3. The highest BCUT2D eigenvalue weighted by Gasteiger charge is 2.08. The molecule has 66 valence electrons. The Balaban J connectivity index is 2.91. The summed E-state index contributed by atoms with van der Waals surface area (Å²) in [5.74, 6) is -0.573. The molecule has 0 saturated carbocycles. The molecule has 3 nitrogen and oxygen atoms in total. The van der Waals surface area contributed by atoms with E-state index in [4.69, 9.17) is 0 Å². The molecule has 0 aromatic carbocycles. The second-order valence-electron chi connectivity index (χ2n) is 2.49. The Labute approximate surface area is 70.5 Å². The normalized spacial score (nSPS) is 11.5. The van der Waals surface area contributed by atoms with Crippen molar-refractivity contribution in [3.63, 3.8) is 0 Å². The highest BCUT2D eigenvalue weighted by molar-refractivity contribution is 7.85. The SMILES string of the molecule is Cc1cc(CS(=O)(=O)F)ccn1. The molecule has 0 atom stereocenters. The van der Waals surface area contributed by atoms with Crippen molar-refractivity contribution in [3.8, 4) is 0 Å². The standard InChI is InChI=1S/C7H8FNO2S/c1-6-4-7(2-3-9-6)5-12(8,10)11/h2-4H,5H2,1H3. The molecular formula is C7H8FNO2S. The lowest BCUT2D eigenvalue weighted by atomic mass is 10.2. The Kier molecular flexibility index (Phi) is 2.42. The van der Waals surface area contributed by atoms with Gasteiger partial charge in [-0.3, -0.25) is 4.98 Å². The van der Waals surface area contributed by atoms with Crippen LogP contribution in [0.3, 0.4) is 0 Å². The third-order valence-corrected chi connectivity index (χ3v) is 1.98. The van der Waals surface area contributed by atoms with Crippen LogP contribution in [0.1, 0.15) is 11.3 Å². The monoisotopic (exact) mass is 189 g/mol. The van der Waals surface area contributed by atoms with Crippen LogP contribution in [-0.2, 0) is 16.0 Å². The Morgan fingerprint density at radius 1 is 1.58 bits per heavy atom. The van der Waals surface area contributed by atoms with Crippen molar-refractivity contribution in [1.82, 2.24) is 4.98 Å². The zero-order valence-corrected chi connectivity index (χ0v) is 7.31. The van der Waals surface area contributed by atoms with Crippen molar-refractivity contribution in [2.45, 2.75) is 12.7 Å². The fourth-order valence-electron chi connectivity index (χ4n) is 0.893. The number of rotatable bonds is 2. The van der Waals surface area contributed by atoms with E-state index in [-0.39, 0.29) is 0 Å². The molecule has 0 N–H and O–H groups in total. The number of pyridine rings is 1. The molecule has 0 unspecified atom stereocenters. The molecule has 0 spiro atoms. The maximum Gasteiger partial charge on any atom is 0.306 e. The molecule has 0 aliphatic rings. The molecule has 0 fully saturated rings. The van der Waals surface area contributed by atoms with Crippen molar-refractivity contribution in [2.24, 2.45) is 0 Å². The van der Waals surface area contributed by atoms with Gasteiger partial charge in [0, 0.05) is 11.9 Å². The van der Waals surface area contributed by atoms with Crippen LogP contribution < -0.4 is 0 Å². The van der Waals surface area contributed by atoms with Crippen LogP contribution in [-0.4, -0.2) is 13.4 Å². The van der Waals surface area contributed by atoms with Gasteiger partial charge in [-0.05, 0) is 24.6 Å². The topological polar surface area (TPSA) is 47.0 Å². The molecule has 0 aliphatic carbocycles. The lowest BCUT2D eigenvalue weighted by Gasteiger charge is -1.96. The molecule has 1 aromatic heterocycles. The molecule has 0 aliphatic heterocycles. The van der Waals surface area contributed by atoms with Gasteiger partial charge in [-0.25, -0.2) is 0 Å². The van der Waals surface area contributed by atoms with Gasteiger partial charge in [-0.15, -0.1) is 3.89 Å². The summed E-state index contributed by atoms with van der Waals surface area (Å²) in [6.45, 7) is 1.72. The first-order chi connectivity index (χ1) is 5.47. The van der Waals surface area contributed by atoms with Gasteiger partial charge in [0.2, 0.25) is 0 Å². The maximum atomic E-state index is 12.2. The minimum absolute atomic E-state index is 0.421. The summed E-state index contributed by atoms with van der Waals surface area (Å²) in [5, 5.41) is 0. The number of aromatic nitrogens is 1. The summed E-state index contributed by atoms with van der Waals surface area (Å²) < 4.78 is 32.6. The Hall–Kier alpha value is -0.970. The average molecular weight is 189 g/mol. The molecule has 0 bridgehead atoms. The smallest absolute Gasteiger partial charge is 0.262 e. The van der Waals surface area contributed by atoms with E-state index in [0.29, 0.717) is 11.3 Å². The summed E-state index contributed by atoms with van der Waals surface area (Å²) in [5.41, 5.74) is 1.10. The van der Waals surface area contributed by atoms with E-state index in [1.165, 1.54) is 18.3 Å². The van der Waals surface area contributed by atoms with Crippen LogP contribution in [0.5, 0.6) is 0 Å².